The van der Waals surface area contributed by atoms with Gasteiger partial charge in [0.15, 0.2) is 0 Å². The molecule has 4 nitrogen and oxygen atoms in total. The molecule has 0 saturated heterocycles. The Balaban J connectivity index is 2.15. The zero-order valence-electron chi connectivity index (χ0n) is 13.2. The second kappa shape index (κ2) is 7.79. The van der Waals surface area contributed by atoms with E-state index in [1.54, 1.807) is 30.3 Å². The molecule has 0 atom stereocenters. The first kappa shape index (κ1) is 17.0. The predicted octanol–water partition coefficient (Wildman–Crippen LogP) is 4.64. The van der Waals surface area contributed by atoms with Crippen molar-refractivity contribution in [2.75, 3.05) is 10.6 Å². The number of carbonyl (C=O) groups excluding carboxylic acids is 2. The van der Waals surface area contributed by atoms with Crippen LogP contribution in [-0.4, -0.2) is 11.8 Å². The SMILES string of the molecule is CCCC(=O)Nc1ccc(Cl)c(NC(=O)c2cccc(C)c2)c1. The van der Waals surface area contributed by atoms with Crippen LogP contribution in [-0.2, 0) is 4.79 Å². The van der Waals surface area contributed by atoms with Crippen molar-refractivity contribution in [3.63, 3.8) is 0 Å². The van der Waals surface area contributed by atoms with Gasteiger partial charge in [0.25, 0.3) is 5.91 Å². The summed E-state index contributed by atoms with van der Waals surface area (Å²) in [5, 5.41) is 5.98. The van der Waals surface area contributed by atoms with Gasteiger partial charge in [-0.15, -0.1) is 0 Å². The molecule has 0 heterocycles. The first-order chi connectivity index (χ1) is 11.0. The fraction of sp³-hybridized carbons (Fsp3) is 0.222. The van der Waals surface area contributed by atoms with Crippen molar-refractivity contribution in [1.82, 2.24) is 0 Å². The maximum atomic E-state index is 12.3. The van der Waals surface area contributed by atoms with E-state index in [9.17, 15) is 9.59 Å². The van der Waals surface area contributed by atoms with Gasteiger partial charge in [-0.25, -0.2) is 0 Å². The van der Waals surface area contributed by atoms with Crippen molar-refractivity contribution < 1.29 is 9.59 Å². The maximum Gasteiger partial charge on any atom is 0.255 e. The van der Waals surface area contributed by atoms with E-state index in [4.69, 9.17) is 11.6 Å². The summed E-state index contributed by atoms with van der Waals surface area (Å²) < 4.78 is 0. The second-order valence-corrected chi connectivity index (χ2v) is 5.72. The lowest BCUT2D eigenvalue weighted by Gasteiger charge is -2.11. The van der Waals surface area contributed by atoms with Crippen LogP contribution in [0.3, 0.4) is 0 Å². The molecule has 0 fully saturated rings. The summed E-state index contributed by atoms with van der Waals surface area (Å²) in [4.78, 5) is 24.0. The van der Waals surface area contributed by atoms with E-state index in [2.05, 4.69) is 10.6 Å². The highest BCUT2D eigenvalue weighted by Crippen LogP contribution is 2.26. The molecule has 0 aliphatic carbocycles. The van der Waals surface area contributed by atoms with Crippen molar-refractivity contribution >= 4 is 34.8 Å². The zero-order valence-corrected chi connectivity index (χ0v) is 13.9. The highest BCUT2D eigenvalue weighted by molar-refractivity contribution is 6.34. The van der Waals surface area contributed by atoms with Crippen molar-refractivity contribution in [2.24, 2.45) is 0 Å². The van der Waals surface area contributed by atoms with Gasteiger partial charge in [-0.3, -0.25) is 9.59 Å². The van der Waals surface area contributed by atoms with Gasteiger partial charge in [-0.2, -0.15) is 0 Å². The fourth-order valence-corrected chi connectivity index (χ4v) is 2.29. The third kappa shape index (κ3) is 4.83. The first-order valence-electron chi connectivity index (χ1n) is 7.47. The maximum absolute atomic E-state index is 12.3. The normalized spacial score (nSPS) is 10.2. The van der Waals surface area contributed by atoms with Gasteiger partial charge in [0.2, 0.25) is 5.91 Å². The molecule has 2 aromatic carbocycles. The summed E-state index contributed by atoms with van der Waals surface area (Å²) in [6, 6.07) is 12.3. The summed E-state index contributed by atoms with van der Waals surface area (Å²) in [5.74, 6) is -0.307. The summed E-state index contributed by atoms with van der Waals surface area (Å²) >= 11 is 6.13. The highest BCUT2D eigenvalue weighted by atomic mass is 35.5. The molecular weight excluding hydrogens is 312 g/mol. The van der Waals surface area contributed by atoms with E-state index in [0.717, 1.165) is 12.0 Å². The average Bonchev–Trinajstić information content (AvgIpc) is 2.51. The molecule has 23 heavy (non-hydrogen) atoms. The smallest absolute Gasteiger partial charge is 0.255 e. The summed E-state index contributed by atoms with van der Waals surface area (Å²) in [6.45, 7) is 3.86. The Bertz CT molecular complexity index is 729. The highest BCUT2D eigenvalue weighted by Gasteiger charge is 2.10. The summed E-state index contributed by atoms with van der Waals surface area (Å²) in [7, 11) is 0. The number of benzene rings is 2. The molecule has 0 aromatic heterocycles. The molecule has 120 valence electrons. The lowest BCUT2D eigenvalue weighted by molar-refractivity contribution is -0.116. The monoisotopic (exact) mass is 330 g/mol. The van der Waals surface area contributed by atoms with E-state index < -0.39 is 0 Å². The van der Waals surface area contributed by atoms with E-state index in [0.29, 0.717) is 28.4 Å². The molecule has 2 rings (SSSR count). The molecular formula is C18H19ClN2O2. The standard InChI is InChI=1S/C18H19ClN2O2/c1-3-5-17(22)20-14-8-9-15(19)16(11-14)21-18(23)13-7-4-6-12(2)10-13/h4,6-11H,3,5H2,1-2H3,(H,20,22)(H,21,23). The molecule has 0 radical (unpaired) electrons. The van der Waals surface area contributed by atoms with Gasteiger partial charge in [0.05, 0.1) is 10.7 Å². The molecule has 2 N–H and O–H groups in total. The predicted molar refractivity (Wildman–Crippen MR) is 94.1 cm³/mol. The van der Waals surface area contributed by atoms with Gasteiger partial charge in [-0.1, -0.05) is 36.2 Å². The molecule has 2 amide bonds. The minimum absolute atomic E-state index is 0.0641. The van der Waals surface area contributed by atoms with E-state index in [1.165, 1.54) is 0 Å². The Labute approximate surface area is 140 Å². The van der Waals surface area contributed by atoms with Gasteiger partial charge in [0.1, 0.15) is 0 Å². The van der Waals surface area contributed by atoms with Crippen LogP contribution >= 0.6 is 11.6 Å². The molecule has 5 heteroatoms. The fourth-order valence-electron chi connectivity index (χ4n) is 2.13. The van der Waals surface area contributed by atoms with Crippen molar-refractivity contribution in [2.45, 2.75) is 26.7 Å². The largest absolute Gasteiger partial charge is 0.326 e. The van der Waals surface area contributed by atoms with Crippen LogP contribution in [0.15, 0.2) is 42.5 Å². The number of anilines is 2. The van der Waals surface area contributed by atoms with E-state index >= 15 is 0 Å². The van der Waals surface area contributed by atoms with Crippen molar-refractivity contribution in [3.8, 4) is 0 Å². The molecule has 0 spiro atoms. The van der Waals surface area contributed by atoms with Gasteiger partial charge >= 0.3 is 0 Å². The average molecular weight is 331 g/mol. The number of hydrogen-bond donors (Lipinski definition) is 2. The van der Waals surface area contributed by atoms with Crippen LogP contribution in [0.5, 0.6) is 0 Å². The lowest BCUT2D eigenvalue weighted by atomic mass is 10.1. The van der Waals surface area contributed by atoms with E-state index in [-0.39, 0.29) is 11.8 Å². The number of amides is 2. The second-order valence-electron chi connectivity index (χ2n) is 5.32. The number of aryl methyl sites for hydroxylation is 1. The third-order valence-electron chi connectivity index (χ3n) is 3.26. The summed E-state index contributed by atoms with van der Waals surface area (Å²) in [5.41, 5.74) is 2.63. The van der Waals surface area contributed by atoms with Gasteiger partial charge in [0, 0.05) is 17.7 Å². The van der Waals surface area contributed by atoms with Crippen LogP contribution in [0.1, 0.15) is 35.7 Å². The lowest BCUT2D eigenvalue weighted by Crippen LogP contribution is -2.14. The zero-order chi connectivity index (χ0) is 16.8. The van der Waals surface area contributed by atoms with Gasteiger partial charge in [-0.05, 0) is 43.7 Å². The quantitative estimate of drug-likeness (QED) is 0.839. The molecule has 0 saturated carbocycles. The topological polar surface area (TPSA) is 58.2 Å². The Morgan fingerprint density at radius 1 is 1.09 bits per heavy atom. The van der Waals surface area contributed by atoms with Crippen LogP contribution in [0.25, 0.3) is 0 Å². The molecule has 0 bridgehead atoms. The minimum atomic E-state index is -0.243. The molecule has 0 aliphatic rings. The van der Waals surface area contributed by atoms with Crippen molar-refractivity contribution in [3.05, 3.63) is 58.6 Å². The van der Waals surface area contributed by atoms with Crippen LogP contribution < -0.4 is 10.6 Å². The van der Waals surface area contributed by atoms with Gasteiger partial charge < -0.3 is 10.6 Å². The molecule has 0 aliphatic heterocycles. The first-order valence-corrected chi connectivity index (χ1v) is 7.85. The Hall–Kier alpha value is -2.33. The number of rotatable bonds is 5. The van der Waals surface area contributed by atoms with E-state index in [1.807, 2.05) is 26.0 Å². The molecule has 0 unspecified atom stereocenters. The number of nitrogens with one attached hydrogen (secondary N) is 2. The third-order valence-corrected chi connectivity index (χ3v) is 3.59. The van der Waals surface area contributed by atoms with Crippen LogP contribution in [0.2, 0.25) is 5.02 Å². The minimum Gasteiger partial charge on any atom is -0.326 e. The Morgan fingerprint density at radius 3 is 2.57 bits per heavy atom. The Kier molecular flexibility index (Phi) is 5.77. The van der Waals surface area contributed by atoms with Crippen LogP contribution in [0.4, 0.5) is 11.4 Å². The number of halogens is 1. The number of carbonyl (C=O) groups is 2. The molecule has 2 aromatic rings. The van der Waals surface area contributed by atoms with Crippen LogP contribution in [0, 0.1) is 6.92 Å². The van der Waals surface area contributed by atoms with Crippen molar-refractivity contribution in [1.29, 1.82) is 0 Å². The Morgan fingerprint density at radius 2 is 1.87 bits per heavy atom. The number of hydrogen-bond acceptors (Lipinski definition) is 2. The summed E-state index contributed by atoms with van der Waals surface area (Å²) in [6.07, 6.45) is 1.23.